The van der Waals surface area contributed by atoms with Crippen LogP contribution >= 0.6 is 31.9 Å². The Morgan fingerprint density at radius 3 is 2.66 bits per heavy atom. The van der Waals surface area contributed by atoms with E-state index in [0.29, 0.717) is 51.9 Å². The lowest BCUT2D eigenvalue weighted by Crippen LogP contribution is -2.45. The molecule has 4 aliphatic rings. The van der Waals surface area contributed by atoms with Gasteiger partial charge in [0.2, 0.25) is 11.6 Å². The van der Waals surface area contributed by atoms with E-state index >= 15 is 0 Å². The second-order valence-electron chi connectivity index (χ2n) is 7.31. The quantitative estimate of drug-likeness (QED) is 0.568. The molecule has 0 atom stereocenters. The Morgan fingerprint density at radius 1 is 1.24 bits per heavy atom. The van der Waals surface area contributed by atoms with Crippen LogP contribution in [-0.4, -0.2) is 48.1 Å². The van der Waals surface area contributed by atoms with Crippen LogP contribution in [0, 0.1) is 5.41 Å². The fourth-order valence-corrected chi connectivity index (χ4v) is 6.08. The van der Waals surface area contributed by atoms with Gasteiger partial charge in [-0.05, 0) is 50.3 Å². The van der Waals surface area contributed by atoms with E-state index in [9.17, 15) is 14.4 Å². The maximum absolute atomic E-state index is 13.5. The maximum Gasteiger partial charge on any atom is 0.418 e. The topological polar surface area (TPSA) is 89.8 Å². The molecule has 5 rings (SSSR count). The molecular weight excluding hydrogens is 506 g/mol. The summed E-state index contributed by atoms with van der Waals surface area (Å²) >= 11 is 6.76. The number of nitrogens with one attached hydrogen (secondary N) is 1. The van der Waals surface area contributed by atoms with Crippen molar-refractivity contribution in [2.24, 2.45) is 10.4 Å². The summed E-state index contributed by atoms with van der Waals surface area (Å²) in [7, 11) is 1.29. The highest BCUT2D eigenvalue weighted by atomic mass is 79.9. The van der Waals surface area contributed by atoms with Crippen LogP contribution < -0.4 is 5.32 Å². The number of hydrogen-bond donors (Lipinski definition) is 1. The molecule has 9 heteroatoms. The zero-order valence-electron chi connectivity index (χ0n) is 15.3. The van der Waals surface area contributed by atoms with E-state index in [1.54, 1.807) is 6.20 Å². The molecule has 0 saturated heterocycles. The van der Waals surface area contributed by atoms with E-state index in [2.05, 4.69) is 37.2 Å². The summed E-state index contributed by atoms with van der Waals surface area (Å²) in [6, 6.07) is 0. The number of methoxy groups -OCH3 is 1. The summed E-state index contributed by atoms with van der Waals surface area (Å²) in [4.78, 5) is 42.9. The normalized spacial score (nSPS) is 21.7. The standard InChI is InChI=1S/C20H15Br2N3O4/c1-29-19(28)25-8-9-2-4-23-14-12(9)16(25)18(27)15-13(14)20(3-5-24-15)6-10(21)17(26)11(22)7-20/h6-8,24H,2-5H2,1H3. The van der Waals surface area contributed by atoms with Crippen molar-refractivity contribution in [3.63, 3.8) is 0 Å². The van der Waals surface area contributed by atoms with Gasteiger partial charge in [-0.15, -0.1) is 0 Å². The summed E-state index contributed by atoms with van der Waals surface area (Å²) in [6.45, 7) is 1.10. The molecule has 0 fully saturated rings. The third-order valence-corrected chi connectivity index (χ3v) is 6.96. The third kappa shape index (κ3) is 2.46. The first kappa shape index (κ1) is 18.7. The van der Waals surface area contributed by atoms with E-state index < -0.39 is 11.5 Å². The molecule has 0 aromatic carbocycles. The molecule has 1 spiro atoms. The molecule has 0 amide bonds. The van der Waals surface area contributed by atoms with Crippen molar-refractivity contribution < 1.29 is 19.1 Å². The molecule has 7 nitrogen and oxygen atoms in total. The number of nitrogens with zero attached hydrogens (tertiary/aromatic N) is 2. The van der Waals surface area contributed by atoms with E-state index in [0.717, 1.165) is 11.1 Å². The highest BCUT2D eigenvalue weighted by Crippen LogP contribution is 2.49. The predicted molar refractivity (Wildman–Crippen MR) is 113 cm³/mol. The number of allylic oxidation sites excluding steroid dienone is 6. The van der Waals surface area contributed by atoms with Crippen LogP contribution in [0.2, 0.25) is 0 Å². The highest BCUT2D eigenvalue weighted by Gasteiger charge is 2.48. The van der Waals surface area contributed by atoms with Crippen LogP contribution in [0.25, 0.3) is 0 Å². The SMILES string of the molecule is COC(=O)n1cc2c3c1C(=O)C1=C(C3=NCC2)C2(C=C(Br)C(=O)C(Br)=C2)CCN1. The number of Topliss-reactive ketones (excluding diaryl/α,β-unsaturated/α-hetero) is 2. The second kappa shape index (κ2) is 6.37. The number of ketones is 2. The fraction of sp³-hybridized carbons (Fsp3) is 0.300. The average Bonchev–Trinajstić information content (AvgIpc) is 3.10. The van der Waals surface area contributed by atoms with Crippen LogP contribution in [0.3, 0.4) is 0 Å². The number of carbonyl (C=O) groups is 3. The van der Waals surface area contributed by atoms with Crippen molar-refractivity contribution in [3.8, 4) is 0 Å². The number of carbonyl (C=O) groups excluding carboxylic acids is 3. The smallest absolute Gasteiger partial charge is 0.418 e. The lowest BCUT2D eigenvalue weighted by Gasteiger charge is -2.41. The van der Waals surface area contributed by atoms with E-state index in [4.69, 9.17) is 9.73 Å². The molecule has 0 bridgehead atoms. The van der Waals surface area contributed by atoms with Gasteiger partial charge in [-0.25, -0.2) is 9.36 Å². The molecule has 3 heterocycles. The molecule has 148 valence electrons. The molecular formula is C20H15Br2N3O4. The Hall–Kier alpha value is -2.26. The highest BCUT2D eigenvalue weighted by molar-refractivity contribution is 9.13. The van der Waals surface area contributed by atoms with Crippen LogP contribution in [0.5, 0.6) is 0 Å². The number of aromatic nitrogens is 1. The van der Waals surface area contributed by atoms with E-state index in [1.807, 2.05) is 12.2 Å². The van der Waals surface area contributed by atoms with E-state index in [1.165, 1.54) is 11.7 Å². The molecule has 0 saturated carbocycles. The summed E-state index contributed by atoms with van der Waals surface area (Å²) in [5.41, 5.74) is 3.10. The molecule has 29 heavy (non-hydrogen) atoms. The Morgan fingerprint density at radius 2 is 1.97 bits per heavy atom. The van der Waals surface area contributed by atoms with Gasteiger partial charge < -0.3 is 10.1 Å². The summed E-state index contributed by atoms with van der Waals surface area (Å²) in [6.07, 6.45) is 6.11. The zero-order chi connectivity index (χ0) is 20.5. The molecule has 1 aromatic rings. The van der Waals surface area contributed by atoms with Gasteiger partial charge in [0.25, 0.3) is 0 Å². The van der Waals surface area contributed by atoms with Gasteiger partial charge in [-0.1, -0.05) is 12.2 Å². The lowest BCUT2D eigenvalue weighted by molar-refractivity contribution is -0.111. The number of aliphatic imine (C=N–C) groups is 1. The molecule has 1 N–H and O–H groups in total. The van der Waals surface area contributed by atoms with Crippen LogP contribution in [0.15, 0.2) is 43.6 Å². The van der Waals surface area contributed by atoms with Gasteiger partial charge in [-0.2, -0.15) is 0 Å². The van der Waals surface area contributed by atoms with Crippen molar-refractivity contribution in [2.75, 3.05) is 20.2 Å². The first-order valence-corrected chi connectivity index (χ1v) is 10.7. The Labute approximate surface area is 182 Å². The van der Waals surface area contributed by atoms with Crippen molar-refractivity contribution in [1.82, 2.24) is 9.88 Å². The maximum atomic E-state index is 13.5. The Balaban J connectivity index is 1.80. The predicted octanol–water partition coefficient (Wildman–Crippen LogP) is 3.02. The van der Waals surface area contributed by atoms with Crippen molar-refractivity contribution >= 4 is 55.2 Å². The number of hydrogen-bond acceptors (Lipinski definition) is 6. The summed E-state index contributed by atoms with van der Waals surface area (Å²) < 4.78 is 7.05. The van der Waals surface area contributed by atoms with Gasteiger partial charge in [0.15, 0.2) is 0 Å². The van der Waals surface area contributed by atoms with Crippen molar-refractivity contribution in [3.05, 3.63) is 55.4 Å². The largest absolute Gasteiger partial charge is 0.452 e. The minimum Gasteiger partial charge on any atom is -0.452 e. The minimum absolute atomic E-state index is 0.137. The van der Waals surface area contributed by atoms with Gasteiger partial charge in [0, 0.05) is 35.8 Å². The first-order valence-electron chi connectivity index (χ1n) is 9.10. The molecule has 0 unspecified atom stereocenters. The molecule has 2 aliphatic heterocycles. The number of halogens is 2. The summed E-state index contributed by atoms with van der Waals surface area (Å²) in [5, 5.41) is 3.22. The van der Waals surface area contributed by atoms with Crippen LogP contribution in [-0.2, 0) is 16.0 Å². The Bertz CT molecular complexity index is 1130. The van der Waals surface area contributed by atoms with E-state index in [-0.39, 0.29) is 17.3 Å². The number of ether oxygens (including phenoxy) is 1. The molecule has 2 aliphatic carbocycles. The van der Waals surface area contributed by atoms with Gasteiger partial charge in [-0.3, -0.25) is 14.6 Å². The summed E-state index contributed by atoms with van der Waals surface area (Å²) in [5.74, 6) is -0.403. The average molecular weight is 521 g/mol. The lowest BCUT2D eigenvalue weighted by atomic mass is 9.66. The van der Waals surface area contributed by atoms with Crippen molar-refractivity contribution in [1.29, 1.82) is 0 Å². The van der Waals surface area contributed by atoms with Crippen LogP contribution in [0.1, 0.15) is 28.0 Å². The molecule has 0 radical (unpaired) electrons. The fourth-order valence-electron chi connectivity index (χ4n) is 4.57. The first-order chi connectivity index (χ1) is 13.9. The minimum atomic E-state index is -0.652. The van der Waals surface area contributed by atoms with Gasteiger partial charge in [0.1, 0.15) is 5.69 Å². The van der Waals surface area contributed by atoms with Crippen LogP contribution in [0.4, 0.5) is 4.79 Å². The molecule has 1 aromatic heterocycles. The number of rotatable bonds is 0. The second-order valence-corrected chi connectivity index (χ2v) is 9.02. The Kier molecular flexibility index (Phi) is 4.12. The number of fused-ring (bicyclic) bond motifs is 2. The van der Waals surface area contributed by atoms with Gasteiger partial charge >= 0.3 is 6.09 Å². The van der Waals surface area contributed by atoms with Gasteiger partial charge in [0.05, 0.1) is 27.5 Å². The monoisotopic (exact) mass is 519 g/mol. The third-order valence-electron chi connectivity index (χ3n) is 5.78. The van der Waals surface area contributed by atoms with Crippen molar-refractivity contribution in [2.45, 2.75) is 12.8 Å². The zero-order valence-corrected chi connectivity index (χ0v) is 18.5.